The fraction of sp³-hybridized carbons (Fsp3) is 0.571. The maximum Gasteiger partial charge on any atom is 0.129 e. The lowest BCUT2D eigenvalue weighted by Gasteiger charge is -2.29. The van der Waals surface area contributed by atoms with E-state index in [-0.39, 0.29) is 18.7 Å². The minimum absolute atomic E-state index is 0.0665. The summed E-state index contributed by atoms with van der Waals surface area (Å²) >= 11 is 0. The zero-order valence-electron chi connectivity index (χ0n) is 10.4. The van der Waals surface area contributed by atoms with E-state index >= 15 is 0 Å². The molecule has 100 valence electrons. The second-order valence-corrected chi connectivity index (χ2v) is 5.06. The Hall–Kier alpha value is -0.970. The molecule has 4 heteroatoms. The maximum absolute atomic E-state index is 13.5. The lowest BCUT2D eigenvalue weighted by Crippen LogP contribution is -2.47. The highest BCUT2D eigenvalue weighted by Crippen LogP contribution is 2.29. The van der Waals surface area contributed by atoms with Crippen LogP contribution in [0.1, 0.15) is 37.4 Å². The Kier molecular flexibility index (Phi) is 4.32. The largest absolute Gasteiger partial charge is 0.394 e. The SMILES string of the molecule is OCC1(NCC(O)c2ccccc2F)CCCC1. The predicted octanol–water partition coefficient (Wildman–Crippen LogP) is 1.75. The summed E-state index contributed by atoms with van der Waals surface area (Å²) in [5.41, 5.74) is 0.0165. The summed E-state index contributed by atoms with van der Waals surface area (Å²) in [6, 6.07) is 6.24. The summed E-state index contributed by atoms with van der Waals surface area (Å²) in [4.78, 5) is 0. The quantitative estimate of drug-likeness (QED) is 0.749. The molecule has 1 aromatic rings. The van der Waals surface area contributed by atoms with Gasteiger partial charge in [0.1, 0.15) is 5.82 Å². The molecule has 1 unspecified atom stereocenters. The lowest BCUT2D eigenvalue weighted by molar-refractivity contribution is 0.120. The molecule has 0 spiro atoms. The van der Waals surface area contributed by atoms with Crippen LogP contribution in [0.4, 0.5) is 4.39 Å². The molecular weight excluding hydrogens is 233 g/mol. The molecule has 3 N–H and O–H groups in total. The zero-order valence-corrected chi connectivity index (χ0v) is 10.4. The van der Waals surface area contributed by atoms with Crippen molar-refractivity contribution in [1.82, 2.24) is 5.32 Å². The van der Waals surface area contributed by atoms with Gasteiger partial charge in [0.2, 0.25) is 0 Å². The molecule has 0 radical (unpaired) electrons. The van der Waals surface area contributed by atoms with Crippen LogP contribution in [0, 0.1) is 5.82 Å². The van der Waals surface area contributed by atoms with Crippen LogP contribution >= 0.6 is 0 Å². The van der Waals surface area contributed by atoms with Crippen LogP contribution in [0.5, 0.6) is 0 Å². The van der Waals surface area contributed by atoms with Crippen molar-refractivity contribution in [2.45, 2.75) is 37.3 Å². The van der Waals surface area contributed by atoms with Gasteiger partial charge in [-0.3, -0.25) is 0 Å². The van der Waals surface area contributed by atoms with Crippen LogP contribution in [0.15, 0.2) is 24.3 Å². The molecule has 1 fully saturated rings. The van der Waals surface area contributed by atoms with Crippen molar-refractivity contribution >= 4 is 0 Å². The lowest BCUT2D eigenvalue weighted by atomic mass is 9.98. The average molecular weight is 253 g/mol. The Bertz CT molecular complexity index is 391. The van der Waals surface area contributed by atoms with Crippen molar-refractivity contribution in [1.29, 1.82) is 0 Å². The summed E-state index contributed by atoms with van der Waals surface area (Å²) in [6.07, 6.45) is 3.11. The second kappa shape index (κ2) is 5.78. The molecule has 0 saturated heterocycles. The molecule has 0 heterocycles. The van der Waals surface area contributed by atoms with Gasteiger partial charge in [-0.1, -0.05) is 31.0 Å². The highest BCUT2D eigenvalue weighted by molar-refractivity contribution is 5.20. The van der Waals surface area contributed by atoms with Gasteiger partial charge in [0, 0.05) is 17.6 Å². The Morgan fingerprint density at radius 2 is 1.94 bits per heavy atom. The summed E-state index contributed by atoms with van der Waals surface area (Å²) in [7, 11) is 0. The minimum Gasteiger partial charge on any atom is -0.394 e. The van der Waals surface area contributed by atoms with Crippen molar-refractivity contribution in [2.24, 2.45) is 0 Å². The van der Waals surface area contributed by atoms with Crippen LogP contribution in [0.25, 0.3) is 0 Å². The molecule has 0 bridgehead atoms. The highest BCUT2D eigenvalue weighted by atomic mass is 19.1. The van der Waals surface area contributed by atoms with E-state index in [1.807, 2.05) is 0 Å². The molecule has 1 saturated carbocycles. The number of aliphatic hydroxyl groups is 2. The molecule has 0 aliphatic heterocycles. The van der Waals surface area contributed by atoms with Gasteiger partial charge >= 0.3 is 0 Å². The molecule has 2 rings (SSSR count). The van der Waals surface area contributed by atoms with E-state index < -0.39 is 11.9 Å². The predicted molar refractivity (Wildman–Crippen MR) is 67.6 cm³/mol. The molecule has 18 heavy (non-hydrogen) atoms. The molecular formula is C14H20FNO2. The number of halogens is 1. The van der Waals surface area contributed by atoms with E-state index in [4.69, 9.17) is 0 Å². The Morgan fingerprint density at radius 3 is 2.56 bits per heavy atom. The first-order valence-electron chi connectivity index (χ1n) is 6.45. The summed E-state index contributed by atoms with van der Waals surface area (Å²) in [5.74, 6) is -0.392. The summed E-state index contributed by atoms with van der Waals surface area (Å²) < 4.78 is 13.5. The molecule has 1 aliphatic carbocycles. The van der Waals surface area contributed by atoms with Gasteiger partial charge in [0.25, 0.3) is 0 Å². The molecule has 3 nitrogen and oxygen atoms in total. The van der Waals surface area contributed by atoms with Crippen LogP contribution in [-0.4, -0.2) is 28.9 Å². The Morgan fingerprint density at radius 1 is 1.28 bits per heavy atom. The highest BCUT2D eigenvalue weighted by Gasteiger charge is 2.33. The van der Waals surface area contributed by atoms with E-state index in [0.717, 1.165) is 25.7 Å². The van der Waals surface area contributed by atoms with Crippen molar-refractivity contribution in [3.05, 3.63) is 35.6 Å². The first-order valence-corrected chi connectivity index (χ1v) is 6.45. The molecule has 0 aromatic heterocycles. The van der Waals surface area contributed by atoms with Crippen LogP contribution in [-0.2, 0) is 0 Å². The van der Waals surface area contributed by atoms with E-state index in [1.165, 1.54) is 6.07 Å². The maximum atomic E-state index is 13.5. The van der Waals surface area contributed by atoms with Gasteiger partial charge in [0.15, 0.2) is 0 Å². The zero-order chi connectivity index (χ0) is 13.0. The monoisotopic (exact) mass is 253 g/mol. The Labute approximate surface area is 107 Å². The van der Waals surface area contributed by atoms with E-state index in [1.54, 1.807) is 18.2 Å². The van der Waals surface area contributed by atoms with Gasteiger partial charge in [0.05, 0.1) is 12.7 Å². The van der Waals surface area contributed by atoms with Crippen LogP contribution < -0.4 is 5.32 Å². The van der Waals surface area contributed by atoms with Gasteiger partial charge in [-0.15, -0.1) is 0 Å². The number of nitrogens with one attached hydrogen (secondary N) is 1. The number of β-amino-alcohol motifs (C(OH)–C–C–N with tert-alkyl or cyclic N) is 1. The first kappa shape index (κ1) is 13.5. The number of aliphatic hydroxyl groups excluding tert-OH is 2. The fourth-order valence-electron chi connectivity index (χ4n) is 2.61. The van der Waals surface area contributed by atoms with Crippen LogP contribution in [0.3, 0.4) is 0 Å². The van der Waals surface area contributed by atoms with Crippen LogP contribution in [0.2, 0.25) is 0 Å². The van der Waals surface area contributed by atoms with Crippen molar-refractivity contribution in [3.63, 3.8) is 0 Å². The van der Waals surface area contributed by atoms with Crippen molar-refractivity contribution in [2.75, 3.05) is 13.2 Å². The van der Waals surface area contributed by atoms with Gasteiger partial charge in [-0.25, -0.2) is 4.39 Å². The third kappa shape index (κ3) is 2.88. The van der Waals surface area contributed by atoms with Crippen molar-refractivity contribution in [3.8, 4) is 0 Å². The number of rotatable bonds is 5. The first-order chi connectivity index (χ1) is 8.67. The van der Waals surface area contributed by atoms with Gasteiger partial charge < -0.3 is 15.5 Å². The van der Waals surface area contributed by atoms with Gasteiger partial charge in [-0.05, 0) is 18.9 Å². The number of hydrogen-bond acceptors (Lipinski definition) is 3. The fourth-order valence-corrected chi connectivity index (χ4v) is 2.61. The topological polar surface area (TPSA) is 52.5 Å². The summed E-state index contributed by atoms with van der Waals surface area (Å²) in [6.45, 7) is 0.332. The third-order valence-corrected chi connectivity index (χ3v) is 3.80. The molecule has 1 aliphatic rings. The number of benzene rings is 1. The number of hydrogen-bond donors (Lipinski definition) is 3. The standard InChI is InChI=1S/C14H20FNO2/c15-12-6-2-1-5-11(12)13(18)9-16-14(10-17)7-3-4-8-14/h1-2,5-6,13,16-18H,3-4,7-10H2. The third-order valence-electron chi connectivity index (χ3n) is 3.80. The molecule has 1 atom stereocenters. The molecule has 0 amide bonds. The van der Waals surface area contributed by atoms with E-state index in [2.05, 4.69) is 5.32 Å². The summed E-state index contributed by atoms with van der Waals surface area (Å²) in [5, 5.41) is 22.6. The van der Waals surface area contributed by atoms with Crippen molar-refractivity contribution < 1.29 is 14.6 Å². The molecule has 1 aromatic carbocycles. The smallest absolute Gasteiger partial charge is 0.129 e. The minimum atomic E-state index is -0.879. The second-order valence-electron chi connectivity index (χ2n) is 5.06. The normalized spacial score (nSPS) is 19.9. The Balaban J connectivity index is 1.96. The average Bonchev–Trinajstić information content (AvgIpc) is 2.86. The van der Waals surface area contributed by atoms with Gasteiger partial charge in [-0.2, -0.15) is 0 Å². The van der Waals surface area contributed by atoms with E-state index in [0.29, 0.717) is 5.56 Å². The van der Waals surface area contributed by atoms with E-state index in [9.17, 15) is 14.6 Å².